The molecule has 71 heavy (non-hydrogen) atoms. The van der Waals surface area contributed by atoms with Crippen LogP contribution < -0.4 is 0 Å². The first kappa shape index (κ1) is 41.9. The van der Waals surface area contributed by atoms with Crippen molar-refractivity contribution in [2.45, 2.75) is 5.41 Å². The lowest BCUT2D eigenvalue weighted by molar-refractivity contribution is 0.769. The molecule has 0 saturated carbocycles. The van der Waals surface area contributed by atoms with Gasteiger partial charge < -0.3 is 0 Å². The Kier molecular flexibility index (Phi) is 10.4. The fourth-order valence-corrected chi connectivity index (χ4v) is 11.1. The zero-order chi connectivity index (χ0) is 47.1. The summed E-state index contributed by atoms with van der Waals surface area (Å²) in [5, 5.41) is 2.30. The molecule has 0 aliphatic heterocycles. The average molecular weight is 903 g/mol. The lowest BCUT2D eigenvalue weighted by atomic mass is 9.67. The minimum Gasteiger partial charge on any atom is -0.228 e. The summed E-state index contributed by atoms with van der Waals surface area (Å²) in [5.41, 5.74) is 21.4. The summed E-state index contributed by atoms with van der Waals surface area (Å²) in [4.78, 5) is 10.3. The molecule has 0 unspecified atom stereocenters. The van der Waals surface area contributed by atoms with Crippen LogP contribution in [0.5, 0.6) is 0 Å². The Morgan fingerprint density at radius 3 is 1.34 bits per heavy atom. The van der Waals surface area contributed by atoms with E-state index in [1.165, 1.54) is 55.6 Å². The van der Waals surface area contributed by atoms with Crippen molar-refractivity contribution >= 4 is 10.8 Å². The molecule has 0 radical (unpaired) electrons. The van der Waals surface area contributed by atoms with E-state index in [2.05, 4.69) is 255 Å². The smallest absolute Gasteiger partial charge is 0.160 e. The van der Waals surface area contributed by atoms with Crippen LogP contribution in [-0.4, -0.2) is 9.97 Å². The summed E-state index contributed by atoms with van der Waals surface area (Å²) >= 11 is 0. The monoisotopic (exact) mass is 902 g/mol. The van der Waals surface area contributed by atoms with Crippen LogP contribution in [0, 0.1) is 0 Å². The highest BCUT2D eigenvalue weighted by Crippen LogP contribution is 2.57. The van der Waals surface area contributed by atoms with Crippen LogP contribution in [0.25, 0.3) is 100 Å². The molecule has 0 saturated heterocycles. The predicted octanol–water partition coefficient (Wildman–Crippen LogP) is 17.7. The molecule has 0 N–H and O–H groups in total. The third kappa shape index (κ3) is 7.37. The van der Waals surface area contributed by atoms with Gasteiger partial charge in [0.1, 0.15) is 0 Å². The van der Waals surface area contributed by atoms with Gasteiger partial charge in [0.05, 0.1) is 16.8 Å². The maximum absolute atomic E-state index is 5.25. The lowest BCUT2D eigenvalue weighted by Crippen LogP contribution is -2.28. The van der Waals surface area contributed by atoms with E-state index in [-0.39, 0.29) is 0 Å². The average Bonchev–Trinajstić information content (AvgIpc) is 3.76. The second-order valence-corrected chi connectivity index (χ2v) is 18.4. The van der Waals surface area contributed by atoms with E-state index in [1.54, 1.807) is 0 Å². The Morgan fingerprint density at radius 1 is 0.225 bits per heavy atom. The number of nitrogens with zero attached hydrogens (tertiary/aromatic N) is 2. The SMILES string of the molecule is c1ccc(-c2cc(-c3cccc(-c4ccc5c(c4)C(c4ccccc4)(c4ccccc4)c4ccccc4-5)c3)cc(-c3ccc(-c4cc(-c5ccccc5)nc(-c5ccccc5)n4)c4ccccc34)c2)cc1. The molecule has 12 aromatic rings. The van der Waals surface area contributed by atoms with Gasteiger partial charge in [-0.3, -0.25) is 0 Å². The first-order valence-corrected chi connectivity index (χ1v) is 24.4. The van der Waals surface area contributed by atoms with Crippen molar-refractivity contribution in [1.82, 2.24) is 9.97 Å². The highest BCUT2D eigenvalue weighted by molar-refractivity contribution is 6.05. The molecule has 0 atom stereocenters. The minimum atomic E-state index is -0.471. The van der Waals surface area contributed by atoms with Crippen molar-refractivity contribution in [3.63, 3.8) is 0 Å². The molecule has 13 rings (SSSR count). The standard InChI is InChI=1S/C69H46N2/c1-6-21-47(22-7-1)53-42-54(44-55(43-53)58-39-40-63(60-34-17-16-33-59(58)60)67-46-66(48-23-8-2-9-24-48)70-68(71-67)49-25-10-3-11-26-49)51-28-20-27-50(41-51)52-37-38-62-61-35-18-19-36-64(61)69(65(62)45-52,56-29-12-4-13-30-56)57-31-14-5-15-32-57/h1-46H. The van der Waals surface area contributed by atoms with Gasteiger partial charge in [-0.25, -0.2) is 9.97 Å². The number of aromatic nitrogens is 2. The number of hydrogen-bond donors (Lipinski definition) is 0. The Balaban J connectivity index is 0.952. The molecule has 332 valence electrons. The van der Waals surface area contributed by atoms with Crippen molar-refractivity contribution in [3.8, 4) is 89.5 Å². The van der Waals surface area contributed by atoms with E-state index in [4.69, 9.17) is 9.97 Å². The normalized spacial score (nSPS) is 12.3. The van der Waals surface area contributed by atoms with Crippen molar-refractivity contribution in [2.75, 3.05) is 0 Å². The maximum Gasteiger partial charge on any atom is 0.160 e. The minimum absolute atomic E-state index is 0.471. The third-order valence-corrected chi connectivity index (χ3v) is 14.4. The molecule has 0 bridgehead atoms. The molecule has 11 aromatic carbocycles. The highest BCUT2D eigenvalue weighted by Gasteiger charge is 2.46. The van der Waals surface area contributed by atoms with Gasteiger partial charge in [-0.2, -0.15) is 0 Å². The van der Waals surface area contributed by atoms with Crippen LogP contribution >= 0.6 is 0 Å². The van der Waals surface area contributed by atoms with Crippen molar-refractivity contribution in [3.05, 3.63) is 301 Å². The number of fused-ring (bicyclic) bond motifs is 4. The fourth-order valence-electron chi connectivity index (χ4n) is 11.1. The molecule has 0 amide bonds. The lowest BCUT2D eigenvalue weighted by Gasteiger charge is -2.34. The quantitative estimate of drug-likeness (QED) is 0.144. The largest absolute Gasteiger partial charge is 0.228 e. The molecule has 0 fully saturated rings. The Morgan fingerprint density at radius 2 is 0.662 bits per heavy atom. The third-order valence-electron chi connectivity index (χ3n) is 14.4. The maximum atomic E-state index is 5.25. The topological polar surface area (TPSA) is 25.8 Å². The first-order chi connectivity index (χ1) is 35.2. The van der Waals surface area contributed by atoms with Gasteiger partial charge >= 0.3 is 0 Å². The summed E-state index contributed by atoms with van der Waals surface area (Å²) in [6, 6.07) is 101. The van der Waals surface area contributed by atoms with Gasteiger partial charge in [0.2, 0.25) is 0 Å². The van der Waals surface area contributed by atoms with Crippen molar-refractivity contribution in [1.29, 1.82) is 0 Å². The summed E-state index contributed by atoms with van der Waals surface area (Å²) in [7, 11) is 0. The van der Waals surface area contributed by atoms with Crippen LogP contribution in [0.15, 0.2) is 279 Å². The van der Waals surface area contributed by atoms with Crippen LogP contribution in [0.2, 0.25) is 0 Å². The molecule has 2 heteroatoms. The second kappa shape index (κ2) is 17.7. The van der Waals surface area contributed by atoms with Crippen LogP contribution in [0.1, 0.15) is 22.3 Å². The van der Waals surface area contributed by atoms with E-state index in [0.29, 0.717) is 5.82 Å². The Hall–Kier alpha value is -9.24. The van der Waals surface area contributed by atoms with Crippen molar-refractivity contribution < 1.29 is 0 Å². The highest BCUT2D eigenvalue weighted by atomic mass is 14.9. The van der Waals surface area contributed by atoms with Gasteiger partial charge in [-0.15, -0.1) is 0 Å². The molecular formula is C69H46N2. The second-order valence-electron chi connectivity index (χ2n) is 18.4. The fraction of sp³-hybridized carbons (Fsp3) is 0.0145. The van der Waals surface area contributed by atoms with E-state index >= 15 is 0 Å². The summed E-state index contributed by atoms with van der Waals surface area (Å²) in [5.74, 6) is 0.703. The number of hydrogen-bond acceptors (Lipinski definition) is 2. The zero-order valence-electron chi connectivity index (χ0n) is 39.0. The molecule has 1 heterocycles. The molecule has 1 aliphatic carbocycles. The van der Waals surface area contributed by atoms with E-state index < -0.39 is 5.41 Å². The summed E-state index contributed by atoms with van der Waals surface area (Å²) < 4.78 is 0. The van der Waals surface area contributed by atoms with Gasteiger partial charge in [0, 0.05) is 16.7 Å². The molecule has 0 spiro atoms. The van der Waals surface area contributed by atoms with Gasteiger partial charge in [0.25, 0.3) is 0 Å². The van der Waals surface area contributed by atoms with Crippen molar-refractivity contribution in [2.24, 2.45) is 0 Å². The molecule has 1 aliphatic rings. The van der Waals surface area contributed by atoms with E-state index in [9.17, 15) is 0 Å². The summed E-state index contributed by atoms with van der Waals surface area (Å²) in [6.07, 6.45) is 0. The summed E-state index contributed by atoms with van der Waals surface area (Å²) in [6.45, 7) is 0. The number of benzene rings is 11. The van der Waals surface area contributed by atoms with Gasteiger partial charge in [0.15, 0.2) is 5.82 Å². The Bertz CT molecular complexity index is 3810. The van der Waals surface area contributed by atoms with Crippen LogP contribution in [-0.2, 0) is 5.41 Å². The van der Waals surface area contributed by atoms with Crippen LogP contribution in [0.3, 0.4) is 0 Å². The van der Waals surface area contributed by atoms with Gasteiger partial charge in [-0.1, -0.05) is 243 Å². The number of rotatable bonds is 9. The van der Waals surface area contributed by atoms with E-state index in [1.807, 2.05) is 24.3 Å². The predicted molar refractivity (Wildman–Crippen MR) is 295 cm³/mol. The zero-order valence-corrected chi connectivity index (χ0v) is 39.0. The van der Waals surface area contributed by atoms with E-state index in [0.717, 1.165) is 61.1 Å². The van der Waals surface area contributed by atoms with Crippen LogP contribution in [0.4, 0.5) is 0 Å². The molecule has 2 nitrogen and oxygen atoms in total. The molecule has 1 aromatic heterocycles. The Labute approximate surface area is 414 Å². The molecular weight excluding hydrogens is 857 g/mol. The van der Waals surface area contributed by atoms with Gasteiger partial charge in [-0.05, 0) is 125 Å². The first-order valence-electron chi connectivity index (χ1n) is 24.4.